The van der Waals surface area contributed by atoms with Gasteiger partial charge in [-0.1, -0.05) is 12.1 Å². The molecule has 2 aromatic heterocycles. The van der Waals surface area contributed by atoms with Crippen LogP contribution in [0.25, 0.3) is 22.2 Å². The van der Waals surface area contributed by atoms with Gasteiger partial charge in [0.1, 0.15) is 15.6 Å². The SMILES string of the molecule is CCS(=O)(=O)CCc1noc(-c2ccc(OC)c3ccncc23)n1. The van der Waals surface area contributed by atoms with Gasteiger partial charge in [0, 0.05) is 40.9 Å². The van der Waals surface area contributed by atoms with Gasteiger partial charge in [0.15, 0.2) is 5.82 Å². The summed E-state index contributed by atoms with van der Waals surface area (Å²) in [5, 5.41) is 5.59. The fourth-order valence-corrected chi connectivity index (χ4v) is 3.17. The van der Waals surface area contributed by atoms with Crippen LogP contribution in [0.5, 0.6) is 5.75 Å². The average Bonchev–Trinajstić information content (AvgIpc) is 3.08. The van der Waals surface area contributed by atoms with Gasteiger partial charge in [-0.2, -0.15) is 4.98 Å². The minimum atomic E-state index is -3.06. The van der Waals surface area contributed by atoms with Crippen molar-refractivity contribution in [2.45, 2.75) is 13.3 Å². The number of hydrogen-bond donors (Lipinski definition) is 0. The van der Waals surface area contributed by atoms with Gasteiger partial charge >= 0.3 is 0 Å². The third kappa shape index (κ3) is 3.23. The highest BCUT2D eigenvalue weighted by atomic mass is 32.2. The molecule has 3 aromatic rings. The van der Waals surface area contributed by atoms with Crippen molar-refractivity contribution in [1.82, 2.24) is 15.1 Å². The third-order valence-electron chi connectivity index (χ3n) is 3.77. The lowest BCUT2D eigenvalue weighted by Crippen LogP contribution is -2.11. The summed E-state index contributed by atoms with van der Waals surface area (Å²) in [6.45, 7) is 1.62. The van der Waals surface area contributed by atoms with E-state index in [1.54, 1.807) is 26.4 Å². The van der Waals surface area contributed by atoms with Crippen molar-refractivity contribution in [2.75, 3.05) is 18.6 Å². The lowest BCUT2D eigenvalue weighted by Gasteiger charge is -2.07. The highest BCUT2D eigenvalue weighted by molar-refractivity contribution is 7.91. The molecule has 3 rings (SSSR count). The van der Waals surface area contributed by atoms with Crippen molar-refractivity contribution in [2.24, 2.45) is 0 Å². The van der Waals surface area contributed by atoms with Crippen LogP contribution in [0.3, 0.4) is 0 Å². The molecule has 0 unspecified atom stereocenters. The minimum Gasteiger partial charge on any atom is -0.496 e. The van der Waals surface area contributed by atoms with Gasteiger partial charge < -0.3 is 9.26 Å². The molecule has 0 aliphatic carbocycles. The van der Waals surface area contributed by atoms with Crippen molar-refractivity contribution < 1.29 is 17.7 Å². The van der Waals surface area contributed by atoms with Crippen LogP contribution in [0.4, 0.5) is 0 Å². The number of rotatable bonds is 6. The first-order chi connectivity index (χ1) is 11.5. The average molecular weight is 347 g/mol. The zero-order valence-corrected chi connectivity index (χ0v) is 14.2. The lowest BCUT2D eigenvalue weighted by molar-refractivity contribution is 0.418. The van der Waals surface area contributed by atoms with E-state index in [2.05, 4.69) is 15.1 Å². The largest absolute Gasteiger partial charge is 0.496 e. The highest BCUT2D eigenvalue weighted by Crippen LogP contribution is 2.33. The van der Waals surface area contributed by atoms with Crippen LogP contribution in [0, 0.1) is 0 Å². The number of ether oxygens (including phenoxy) is 1. The smallest absolute Gasteiger partial charge is 0.258 e. The van der Waals surface area contributed by atoms with Crippen molar-refractivity contribution in [3.8, 4) is 17.2 Å². The molecular formula is C16H17N3O4S. The van der Waals surface area contributed by atoms with E-state index >= 15 is 0 Å². The number of aromatic nitrogens is 3. The Labute approximate surface area is 139 Å². The first-order valence-electron chi connectivity index (χ1n) is 7.48. The topological polar surface area (TPSA) is 95.2 Å². The first-order valence-corrected chi connectivity index (χ1v) is 9.30. The maximum atomic E-state index is 11.6. The summed E-state index contributed by atoms with van der Waals surface area (Å²) in [5.41, 5.74) is 0.732. The van der Waals surface area contributed by atoms with Crippen LogP contribution in [-0.4, -0.2) is 42.2 Å². The molecular weight excluding hydrogens is 330 g/mol. The van der Waals surface area contributed by atoms with Gasteiger partial charge in [0.2, 0.25) is 0 Å². The maximum absolute atomic E-state index is 11.6. The molecule has 126 valence electrons. The van der Waals surface area contributed by atoms with Crippen LogP contribution in [0.1, 0.15) is 12.7 Å². The number of pyridine rings is 1. The summed E-state index contributed by atoms with van der Waals surface area (Å²) in [5.74, 6) is 1.54. The molecule has 1 aromatic carbocycles. The van der Waals surface area contributed by atoms with E-state index in [-0.39, 0.29) is 17.9 Å². The van der Waals surface area contributed by atoms with Gasteiger partial charge in [0.25, 0.3) is 5.89 Å². The predicted octanol–water partition coefficient (Wildman–Crippen LogP) is 2.27. The van der Waals surface area contributed by atoms with Crippen molar-refractivity contribution in [3.05, 3.63) is 36.4 Å². The molecule has 0 N–H and O–H groups in total. The monoisotopic (exact) mass is 347 g/mol. The summed E-state index contributed by atoms with van der Waals surface area (Å²) in [6, 6.07) is 5.49. The third-order valence-corrected chi connectivity index (χ3v) is 5.48. The molecule has 0 saturated carbocycles. The Morgan fingerprint density at radius 2 is 2.04 bits per heavy atom. The number of sulfone groups is 1. The van der Waals surface area contributed by atoms with E-state index in [1.165, 1.54) is 0 Å². The van der Waals surface area contributed by atoms with Crippen LogP contribution in [0.15, 0.2) is 35.1 Å². The van der Waals surface area contributed by atoms with E-state index in [9.17, 15) is 8.42 Å². The summed E-state index contributed by atoms with van der Waals surface area (Å²) < 4.78 is 33.8. The van der Waals surface area contributed by atoms with Crippen LogP contribution in [0.2, 0.25) is 0 Å². The Morgan fingerprint density at radius 3 is 2.79 bits per heavy atom. The van der Waals surface area contributed by atoms with Crippen LogP contribution < -0.4 is 4.74 Å². The van der Waals surface area contributed by atoms with Crippen molar-refractivity contribution >= 4 is 20.6 Å². The minimum absolute atomic E-state index is 0.00733. The Kier molecular flexibility index (Phi) is 4.48. The molecule has 0 aliphatic heterocycles. The molecule has 2 heterocycles. The second kappa shape index (κ2) is 6.56. The molecule has 8 heteroatoms. The summed E-state index contributed by atoms with van der Waals surface area (Å²) in [4.78, 5) is 8.45. The zero-order chi connectivity index (χ0) is 17.2. The maximum Gasteiger partial charge on any atom is 0.258 e. The van der Waals surface area contributed by atoms with Gasteiger partial charge in [0.05, 0.1) is 12.9 Å². The number of hydrogen-bond acceptors (Lipinski definition) is 7. The van der Waals surface area contributed by atoms with Crippen molar-refractivity contribution in [1.29, 1.82) is 0 Å². The highest BCUT2D eigenvalue weighted by Gasteiger charge is 2.16. The second-order valence-electron chi connectivity index (χ2n) is 5.24. The molecule has 7 nitrogen and oxygen atoms in total. The second-order valence-corrected chi connectivity index (χ2v) is 7.71. The van der Waals surface area contributed by atoms with E-state index in [0.29, 0.717) is 11.7 Å². The van der Waals surface area contributed by atoms with Crippen molar-refractivity contribution in [3.63, 3.8) is 0 Å². The fourth-order valence-electron chi connectivity index (χ4n) is 2.38. The number of nitrogens with zero attached hydrogens (tertiary/aromatic N) is 3. The Bertz CT molecular complexity index is 966. The van der Waals surface area contributed by atoms with Crippen LogP contribution in [-0.2, 0) is 16.3 Å². The number of aryl methyl sites for hydroxylation is 1. The predicted molar refractivity (Wildman–Crippen MR) is 89.6 cm³/mol. The number of methoxy groups -OCH3 is 1. The quantitative estimate of drug-likeness (QED) is 0.675. The molecule has 0 fully saturated rings. The summed E-state index contributed by atoms with van der Waals surface area (Å²) >= 11 is 0. The van der Waals surface area contributed by atoms with Crippen LogP contribution >= 0.6 is 0 Å². The number of benzene rings is 1. The molecule has 0 atom stereocenters. The molecule has 0 aliphatic rings. The molecule has 0 spiro atoms. The molecule has 24 heavy (non-hydrogen) atoms. The Hall–Kier alpha value is -2.48. The fraction of sp³-hybridized carbons (Fsp3) is 0.312. The number of fused-ring (bicyclic) bond motifs is 1. The molecule has 0 radical (unpaired) electrons. The van der Waals surface area contributed by atoms with E-state index in [1.807, 2.05) is 18.2 Å². The first kappa shape index (κ1) is 16.4. The van der Waals surface area contributed by atoms with Gasteiger partial charge in [-0.15, -0.1) is 0 Å². The van der Waals surface area contributed by atoms with E-state index < -0.39 is 9.84 Å². The zero-order valence-electron chi connectivity index (χ0n) is 13.4. The Morgan fingerprint density at radius 1 is 1.21 bits per heavy atom. The Balaban J connectivity index is 1.95. The van der Waals surface area contributed by atoms with Gasteiger partial charge in [-0.05, 0) is 18.2 Å². The van der Waals surface area contributed by atoms with E-state index in [4.69, 9.17) is 9.26 Å². The molecule has 0 amide bonds. The standard InChI is InChI=1S/C16H17N3O4S/c1-3-24(20,21)9-7-15-18-16(23-19-15)12-4-5-14(22-2)11-6-8-17-10-13(11)12/h4-6,8,10H,3,7,9H2,1-2H3. The normalized spacial score (nSPS) is 11.8. The molecule has 0 saturated heterocycles. The summed E-state index contributed by atoms with van der Waals surface area (Å²) in [7, 11) is -1.46. The molecule has 0 bridgehead atoms. The van der Waals surface area contributed by atoms with E-state index in [0.717, 1.165) is 22.1 Å². The lowest BCUT2D eigenvalue weighted by atomic mass is 10.1. The van der Waals surface area contributed by atoms with Gasteiger partial charge in [-0.25, -0.2) is 8.42 Å². The summed E-state index contributed by atoms with van der Waals surface area (Å²) in [6.07, 6.45) is 3.62. The van der Waals surface area contributed by atoms with Gasteiger partial charge in [-0.3, -0.25) is 4.98 Å².